The zero-order valence-corrected chi connectivity index (χ0v) is 16.7. The van der Waals surface area contributed by atoms with Crippen molar-refractivity contribution >= 4 is 11.6 Å². The second-order valence-corrected chi connectivity index (χ2v) is 6.70. The van der Waals surface area contributed by atoms with E-state index in [4.69, 9.17) is 9.47 Å². The normalized spacial score (nSPS) is 10.6. The molecule has 0 saturated heterocycles. The highest BCUT2D eigenvalue weighted by Gasteiger charge is 2.11. The Morgan fingerprint density at radius 2 is 1.90 bits per heavy atom. The minimum atomic E-state index is -0.367. The molecule has 0 fully saturated rings. The van der Waals surface area contributed by atoms with Crippen LogP contribution in [0, 0.1) is 5.82 Å². The predicted molar refractivity (Wildman–Crippen MR) is 112 cm³/mol. The number of halogens is 1. The van der Waals surface area contributed by atoms with Gasteiger partial charge in [-0.3, -0.25) is 9.48 Å². The first-order valence-electron chi connectivity index (χ1n) is 9.47. The highest BCUT2D eigenvalue weighted by molar-refractivity contribution is 6.02. The van der Waals surface area contributed by atoms with Gasteiger partial charge in [0.2, 0.25) is 0 Å². The van der Waals surface area contributed by atoms with Gasteiger partial charge in [-0.25, -0.2) is 9.07 Å². The van der Waals surface area contributed by atoms with Crippen LogP contribution >= 0.6 is 0 Å². The number of ether oxygens (including phenoxy) is 2. The zero-order chi connectivity index (χ0) is 21.6. The van der Waals surface area contributed by atoms with Gasteiger partial charge in [-0.15, -0.1) is 0 Å². The number of rotatable bonds is 8. The molecule has 0 saturated carbocycles. The summed E-state index contributed by atoms with van der Waals surface area (Å²) in [5.41, 5.74) is 1.54. The molecule has 4 rings (SSSR count). The summed E-state index contributed by atoms with van der Waals surface area (Å²) < 4.78 is 27.2. The number of methoxy groups -OCH3 is 1. The molecule has 0 bridgehead atoms. The van der Waals surface area contributed by atoms with Crippen LogP contribution in [-0.2, 0) is 13.3 Å². The molecule has 0 radical (unpaired) electrons. The summed E-state index contributed by atoms with van der Waals surface area (Å²) in [6.07, 6.45) is 4.86. The molecule has 2 aromatic heterocycles. The summed E-state index contributed by atoms with van der Waals surface area (Å²) in [7, 11) is 1.60. The highest BCUT2D eigenvalue weighted by Crippen LogP contribution is 2.17. The van der Waals surface area contributed by atoms with Crippen LogP contribution in [0.25, 0.3) is 0 Å². The number of anilines is 1. The van der Waals surface area contributed by atoms with Crippen molar-refractivity contribution < 1.29 is 18.7 Å². The lowest BCUT2D eigenvalue weighted by molar-refractivity contribution is 0.102. The number of amides is 1. The third kappa shape index (κ3) is 5.27. The average molecular weight is 421 g/mol. The van der Waals surface area contributed by atoms with Gasteiger partial charge in [0.1, 0.15) is 17.3 Å². The van der Waals surface area contributed by atoms with E-state index in [-0.39, 0.29) is 24.1 Å². The molecular weight excluding hydrogens is 401 g/mol. The Kier molecular flexibility index (Phi) is 5.93. The number of nitrogens with zero attached hydrogens (tertiary/aromatic N) is 4. The predicted octanol–water partition coefficient (Wildman–Crippen LogP) is 3.56. The molecule has 0 aliphatic heterocycles. The van der Waals surface area contributed by atoms with Crippen molar-refractivity contribution in [1.82, 2.24) is 19.6 Å². The lowest BCUT2D eigenvalue weighted by atomic mass is 10.2. The molecule has 4 aromatic rings. The van der Waals surface area contributed by atoms with Crippen LogP contribution in [0.3, 0.4) is 0 Å². The van der Waals surface area contributed by atoms with E-state index in [9.17, 15) is 9.18 Å². The van der Waals surface area contributed by atoms with Gasteiger partial charge < -0.3 is 14.8 Å². The van der Waals surface area contributed by atoms with Gasteiger partial charge in [-0.05, 0) is 48.0 Å². The van der Waals surface area contributed by atoms with E-state index < -0.39 is 0 Å². The Morgan fingerprint density at radius 3 is 2.68 bits per heavy atom. The largest absolute Gasteiger partial charge is 0.497 e. The van der Waals surface area contributed by atoms with Crippen LogP contribution in [0.1, 0.15) is 16.1 Å². The summed E-state index contributed by atoms with van der Waals surface area (Å²) in [5, 5.41) is 11.2. The van der Waals surface area contributed by atoms with E-state index in [1.165, 1.54) is 23.0 Å². The van der Waals surface area contributed by atoms with E-state index in [1.807, 2.05) is 6.07 Å². The van der Waals surface area contributed by atoms with Crippen LogP contribution in [0.15, 0.2) is 73.2 Å². The quantitative estimate of drug-likeness (QED) is 0.470. The number of carbonyl (C=O) groups is 1. The Hall–Kier alpha value is -4.14. The van der Waals surface area contributed by atoms with E-state index in [0.717, 1.165) is 11.3 Å². The standard InChI is InChI=1S/C22H20FN5O3/c1-30-19-5-7-20(8-6-19)31-15-27-10-9-21(26-27)22(29)25-18-12-24-28(14-18)13-16-3-2-4-17(23)11-16/h2-12,14H,13,15H2,1H3,(H,25,29). The zero-order valence-electron chi connectivity index (χ0n) is 16.7. The van der Waals surface area contributed by atoms with Crippen LogP contribution in [0.5, 0.6) is 11.5 Å². The summed E-state index contributed by atoms with van der Waals surface area (Å²) in [5.74, 6) is 0.732. The van der Waals surface area contributed by atoms with Crippen molar-refractivity contribution in [2.45, 2.75) is 13.3 Å². The average Bonchev–Trinajstić information content (AvgIpc) is 3.42. The van der Waals surface area contributed by atoms with Gasteiger partial charge in [-0.2, -0.15) is 10.2 Å². The van der Waals surface area contributed by atoms with E-state index >= 15 is 0 Å². The van der Waals surface area contributed by atoms with E-state index in [1.54, 1.807) is 60.6 Å². The van der Waals surface area contributed by atoms with Crippen LogP contribution in [0.4, 0.5) is 10.1 Å². The molecule has 0 aliphatic rings. The lowest BCUT2D eigenvalue weighted by Gasteiger charge is -2.07. The SMILES string of the molecule is COc1ccc(OCn2ccc(C(=O)Nc3cnn(Cc4cccc(F)c4)c3)n2)cc1. The topological polar surface area (TPSA) is 83.2 Å². The molecule has 2 heterocycles. The van der Waals surface area contributed by atoms with Gasteiger partial charge in [-0.1, -0.05) is 12.1 Å². The van der Waals surface area contributed by atoms with Gasteiger partial charge in [0.25, 0.3) is 5.91 Å². The van der Waals surface area contributed by atoms with E-state index in [0.29, 0.717) is 18.0 Å². The Bertz CT molecular complexity index is 1170. The van der Waals surface area contributed by atoms with Crippen molar-refractivity contribution in [3.8, 4) is 11.5 Å². The van der Waals surface area contributed by atoms with Crippen molar-refractivity contribution in [2.75, 3.05) is 12.4 Å². The van der Waals surface area contributed by atoms with Gasteiger partial charge in [0.05, 0.1) is 25.5 Å². The molecule has 0 unspecified atom stereocenters. The minimum absolute atomic E-state index is 0.158. The summed E-state index contributed by atoms with van der Waals surface area (Å²) >= 11 is 0. The highest BCUT2D eigenvalue weighted by atomic mass is 19.1. The summed E-state index contributed by atoms with van der Waals surface area (Å²) in [6, 6.07) is 15.1. The second-order valence-electron chi connectivity index (χ2n) is 6.70. The molecule has 1 amide bonds. The third-order valence-electron chi connectivity index (χ3n) is 4.42. The first-order chi connectivity index (χ1) is 15.1. The molecule has 0 spiro atoms. The molecule has 0 atom stereocenters. The first-order valence-corrected chi connectivity index (χ1v) is 9.47. The number of hydrogen-bond acceptors (Lipinski definition) is 5. The fraction of sp³-hybridized carbons (Fsp3) is 0.136. The smallest absolute Gasteiger partial charge is 0.276 e. The Labute approximate surface area is 177 Å². The number of aromatic nitrogens is 4. The fourth-order valence-electron chi connectivity index (χ4n) is 2.90. The molecular formula is C22H20FN5O3. The van der Waals surface area contributed by atoms with Crippen molar-refractivity contribution in [1.29, 1.82) is 0 Å². The summed E-state index contributed by atoms with van der Waals surface area (Å²) in [6.45, 7) is 0.552. The number of benzene rings is 2. The minimum Gasteiger partial charge on any atom is -0.497 e. The fourth-order valence-corrected chi connectivity index (χ4v) is 2.90. The van der Waals surface area contributed by atoms with Crippen LogP contribution in [-0.4, -0.2) is 32.6 Å². The van der Waals surface area contributed by atoms with Crippen LogP contribution in [0.2, 0.25) is 0 Å². The van der Waals surface area contributed by atoms with Crippen LogP contribution < -0.4 is 14.8 Å². The maximum absolute atomic E-state index is 13.3. The molecule has 8 nitrogen and oxygen atoms in total. The number of hydrogen-bond donors (Lipinski definition) is 1. The van der Waals surface area contributed by atoms with Gasteiger partial charge in [0.15, 0.2) is 12.4 Å². The molecule has 0 aliphatic carbocycles. The number of nitrogens with one attached hydrogen (secondary N) is 1. The molecule has 31 heavy (non-hydrogen) atoms. The maximum atomic E-state index is 13.3. The summed E-state index contributed by atoms with van der Waals surface area (Å²) in [4.78, 5) is 12.5. The third-order valence-corrected chi connectivity index (χ3v) is 4.42. The van der Waals surface area contributed by atoms with Gasteiger partial charge >= 0.3 is 0 Å². The molecule has 158 valence electrons. The maximum Gasteiger partial charge on any atom is 0.276 e. The lowest BCUT2D eigenvalue weighted by Crippen LogP contribution is -2.14. The van der Waals surface area contributed by atoms with E-state index in [2.05, 4.69) is 15.5 Å². The first kappa shape index (κ1) is 20.1. The molecule has 2 aromatic carbocycles. The van der Waals surface area contributed by atoms with Crippen molar-refractivity contribution in [2.24, 2.45) is 0 Å². The second kappa shape index (κ2) is 9.12. The van der Waals surface area contributed by atoms with Crippen molar-refractivity contribution in [3.63, 3.8) is 0 Å². The molecule has 1 N–H and O–H groups in total. The molecule has 9 heteroatoms. The van der Waals surface area contributed by atoms with Gasteiger partial charge in [0, 0.05) is 12.4 Å². The van der Waals surface area contributed by atoms with Crippen molar-refractivity contribution in [3.05, 3.63) is 90.3 Å². The Balaban J connectivity index is 1.32. The monoisotopic (exact) mass is 421 g/mol. The number of carbonyl (C=O) groups excluding carboxylic acids is 1. The Morgan fingerprint density at radius 1 is 1.10 bits per heavy atom.